The largest absolute Gasteiger partial charge is 0.367 e. The first-order valence-corrected chi connectivity index (χ1v) is 4.49. The zero-order valence-electron chi connectivity index (χ0n) is 7.03. The molecular formula is C8H6BrN3O2. The highest BCUT2D eigenvalue weighted by atomic mass is 79.9. The van der Waals surface area contributed by atoms with Crippen molar-refractivity contribution in [1.29, 1.82) is 5.26 Å². The van der Waals surface area contributed by atoms with Crippen LogP contribution >= 0.6 is 15.9 Å². The van der Waals surface area contributed by atoms with E-state index in [0.29, 0.717) is 5.69 Å². The monoisotopic (exact) mass is 255 g/mol. The van der Waals surface area contributed by atoms with Gasteiger partial charge in [-0.05, 0) is 12.1 Å². The second kappa shape index (κ2) is 4.58. The van der Waals surface area contributed by atoms with Crippen molar-refractivity contribution in [2.75, 3.05) is 11.9 Å². The van der Waals surface area contributed by atoms with Gasteiger partial charge in [0.15, 0.2) is 0 Å². The molecule has 0 aliphatic rings. The van der Waals surface area contributed by atoms with Crippen LogP contribution in [-0.2, 0) is 0 Å². The molecule has 0 unspecified atom stereocenters. The summed E-state index contributed by atoms with van der Waals surface area (Å²) in [5.74, 6) is 0. The molecule has 0 atom stereocenters. The third-order valence-electron chi connectivity index (χ3n) is 1.51. The average molecular weight is 256 g/mol. The summed E-state index contributed by atoms with van der Waals surface area (Å²) in [5, 5.41) is 21.5. The molecule has 0 saturated carbocycles. The first-order valence-electron chi connectivity index (χ1n) is 3.70. The Morgan fingerprint density at radius 2 is 2.36 bits per heavy atom. The van der Waals surface area contributed by atoms with Gasteiger partial charge < -0.3 is 5.32 Å². The number of nitriles is 1. The van der Waals surface area contributed by atoms with Gasteiger partial charge in [0, 0.05) is 10.5 Å². The van der Waals surface area contributed by atoms with E-state index in [1.807, 2.05) is 6.07 Å². The lowest BCUT2D eigenvalue weighted by Crippen LogP contribution is -2.02. The predicted octanol–water partition coefficient (Wildman–Crippen LogP) is 2.29. The highest BCUT2D eigenvalue weighted by Crippen LogP contribution is 2.27. The van der Waals surface area contributed by atoms with E-state index in [2.05, 4.69) is 21.2 Å². The lowest BCUT2D eigenvalue weighted by Gasteiger charge is -2.03. The first kappa shape index (κ1) is 10.5. The molecule has 0 heterocycles. The number of nitro benzene ring substituents is 1. The van der Waals surface area contributed by atoms with E-state index < -0.39 is 4.92 Å². The molecule has 0 saturated heterocycles. The quantitative estimate of drug-likeness (QED) is 0.511. The third-order valence-corrected chi connectivity index (χ3v) is 2.01. The summed E-state index contributed by atoms with van der Waals surface area (Å²) < 4.78 is 0.725. The van der Waals surface area contributed by atoms with E-state index in [4.69, 9.17) is 5.26 Å². The van der Waals surface area contributed by atoms with Gasteiger partial charge in [0.1, 0.15) is 12.2 Å². The number of hydrogen-bond acceptors (Lipinski definition) is 4. The van der Waals surface area contributed by atoms with Crippen LogP contribution in [0.5, 0.6) is 0 Å². The highest BCUT2D eigenvalue weighted by molar-refractivity contribution is 9.10. The zero-order valence-corrected chi connectivity index (χ0v) is 8.61. The maximum atomic E-state index is 10.6. The molecule has 1 N–H and O–H groups in total. The van der Waals surface area contributed by atoms with Crippen LogP contribution in [0.1, 0.15) is 0 Å². The Hall–Kier alpha value is -1.61. The van der Waals surface area contributed by atoms with Gasteiger partial charge in [-0.25, -0.2) is 0 Å². The van der Waals surface area contributed by atoms with E-state index in [0.717, 1.165) is 4.47 Å². The van der Waals surface area contributed by atoms with Crippen molar-refractivity contribution in [2.45, 2.75) is 0 Å². The minimum absolute atomic E-state index is 0.0385. The van der Waals surface area contributed by atoms with Crippen molar-refractivity contribution < 1.29 is 4.92 Å². The van der Waals surface area contributed by atoms with Crippen LogP contribution in [0.15, 0.2) is 22.7 Å². The third kappa shape index (κ3) is 2.44. The molecule has 0 fully saturated rings. The number of nitrogens with zero attached hydrogens (tertiary/aromatic N) is 2. The Bertz CT molecular complexity index is 400. The topological polar surface area (TPSA) is 79.0 Å². The fourth-order valence-electron chi connectivity index (χ4n) is 0.944. The Kier molecular flexibility index (Phi) is 3.42. The molecule has 0 radical (unpaired) electrons. The summed E-state index contributed by atoms with van der Waals surface area (Å²) in [4.78, 5) is 10.1. The van der Waals surface area contributed by atoms with Gasteiger partial charge in [0.2, 0.25) is 0 Å². The predicted molar refractivity (Wildman–Crippen MR) is 54.9 cm³/mol. The lowest BCUT2D eigenvalue weighted by atomic mass is 10.2. The van der Waals surface area contributed by atoms with Crippen molar-refractivity contribution >= 4 is 27.3 Å². The summed E-state index contributed by atoms with van der Waals surface area (Å²) in [6.07, 6.45) is 0. The number of nitrogens with one attached hydrogen (secondary N) is 1. The second-order valence-electron chi connectivity index (χ2n) is 2.43. The minimum Gasteiger partial charge on any atom is -0.367 e. The second-order valence-corrected chi connectivity index (χ2v) is 3.35. The number of benzene rings is 1. The van der Waals surface area contributed by atoms with Crippen molar-refractivity contribution in [2.24, 2.45) is 0 Å². The average Bonchev–Trinajstić information content (AvgIpc) is 2.14. The molecule has 14 heavy (non-hydrogen) atoms. The van der Waals surface area contributed by atoms with Gasteiger partial charge in [0.25, 0.3) is 5.69 Å². The lowest BCUT2D eigenvalue weighted by molar-refractivity contribution is -0.384. The molecule has 0 aromatic heterocycles. The van der Waals surface area contributed by atoms with Gasteiger partial charge in [-0.1, -0.05) is 15.9 Å². The molecule has 5 nitrogen and oxygen atoms in total. The Morgan fingerprint density at radius 3 is 2.93 bits per heavy atom. The standard InChI is InChI=1S/C8H6BrN3O2/c9-6-1-2-8(12(13)14)7(5-6)11-4-3-10/h1-2,5,11H,4H2. The maximum Gasteiger partial charge on any atom is 0.292 e. The van der Waals surface area contributed by atoms with Crippen LogP contribution in [-0.4, -0.2) is 11.5 Å². The van der Waals surface area contributed by atoms with Crippen LogP contribution < -0.4 is 5.32 Å². The van der Waals surface area contributed by atoms with E-state index in [1.54, 1.807) is 12.1 Å². The Labute approximate surface area is 88.6 Å². The summed E-state index contributed by atoms with van der Waals surface area (Å²) in [6, 6.07) is 6.38. The first-order chi connectivity index (χ1) is 6.65. The van der Waals surface area contributed by atoms with E-state index in [1.165, 1.54) is 6.07 Å². The molecule has 1 aromatic carbocycles. The van der Waals surface area contributed by atoms with Gasteiger partial charge in [0.05, 0.1) is 11.0 Å². The molecule has 1 aromatic rings. The van der Waals surface area contributed by atoms with Gasteiger partial charge >= 0.3 is 0 Å². The van der Waals surface area contributed by atoms with Crippen LogP contribution in [0, 0.1) is 21.4 Å². The molecule has 0 aliphatic heterocycles. The summed E-state index contributed by atoms with van der Waals surface area (Å²) in [5.41, 5.74) is 0.300. The Balaban J connectivity index is 3.04. The number of rotatable bonds is 3. The number of halogens is 1. The zero-order chi connectivity index (χ0) is 10.6. The summed E-state index contributed by atoms with van der Waals surface area (Å²) in [6.45, 7) is 0.0390. The summed E-state index contributed by atoms with van der Waals surface area (Å²) >= 11 is 3.19. The SMILES string of the molecule is N#CCNc1cc(Br)ccc1[N+](=O)[O-]. The smallest absolute Gasteiger partial charge is 0.292 e. The number of hydrogen-bond donors (Lipinski definition) is 1. The van der Waals surface area contributed by atoms with Crippen molar-refractivity contribution in [1.82, 2.24) is 0 Å². The van der Waals surface area contributed by atoms with Gasteiger partial charge in [-0.15, -0.1) is 0 Å². The van der Waals surface area contributed by atoms with Gasteiger partial charge in [-0.3, -0.25) is 10.1 Å². The van der Waals surface area contributed by atoms with Crippen LogP contribution in [0.2, 0.25) is 0 Å². The highest BCUT2D eigenvalue weighted by Gasteiger charge is 2.12. The van der Waals surface area contributed by atoms with Crippen LogP contribution in [0.3, 0.4) is 0 Å². The van der Waals surface area contributed by atoms with Gasteiger partial charge in [-0.2, -0.15) is 5.26 Å². The van der Waals surface area contributed by atoms with Crippen LogP contribution in [0.4, 0.5) is 11.4 Å². The minimum atomic E-state index is -0.494. The molecule has 0 amide bonds. The Morgan fingerprint density at radius 1 is 1.64 bits per heavy atom. The molecule has 6 heteroatoms. The molecule has 0 spiro atoms. The molecule has 72 valence electrons. The maximum absolute atomic E-state index is 10.6. The summed E-state index contributed by atoms with van der Waals surface area (Å²) in [7, 11) is 0. The molecular weight excluding hydrogens is 250 g/mol. The van der Waals surface area contributed by atoms with Crippen molar-refractivity contribution in [3.63, 3.8) is 0 Å². The fourth-order valence-corrected chi connectivity index (χ4v) is 1.30. The molecule has 0 bridgehead atoms. The molecule has 0 aliphatic carbocycles. The molecule has 1 rings (SSSR count). The van der Waals surface area contributed by atoms with E-state index in [-0.39, 0.29) is 12.2 Å². The fraction of sp³-hybridized carbons (Fsp3) is 0.125. The number of nitro groups is 1. The number of anilines is 1. The van der Waals surface area contributed by atoms with Crippen molar-refractivity contribution in [3.05, 3.63) is 32.8 Å². The van der Waals surface area contributed by atoms with Crippen LogP contribution in [0.25, 0.3) is 0 Å². The van der Waals surface area contributed by atoms with Crippen molar-refractivity contribution in [3.8, 4) is 6.07 Å². The normalized spacial score (nSPS) is 9.14. The van der Waals surface area contributed by atoms with E-state index in [9.17, 15) is 10.1 Å². The van der Waals surface area contributed by atoms with E-state index >= 15 is 0 Å².